The van der Waals surface area contributed by atoms with Crippen LogP contribution in [0.5, 0.6) is 0 Å². The lowest BCUT2D eigenvalue weighted by Gasteiger charge is -2.42. The van der Waals surface area contributed by atoms with Gasteiger partial charge in [0.2, 0.25) is 6.41 Å². The average Bonchev–Trinajstić information content (AvgIpc) is 0.790. The lowest BCUT2D eigenvalue weighted by Crippen LogP contribution is -2.50. The summed E-state index contributed by atoms with van der Waals surface area (Å²) < 4.78 is 0. The first-order valence-corrected chi connectivity index (χ1v) is 45.2. The first-order chi connectivity index (χ1) is 58.1. The molecule has 1 amide bonds. The van der Waals surface area contributed by atoms with Gasteiger partial charge < -0.3 is 31.9 Å². The van der Waals surface area contributed by atoms with Crippen LogP contribution in [0.25, 0.3) is 0 Å². The number of rotatable bonds is 17. The molecule has 127 heavy (non-hydrogen) atoms. The van der Waals surface area contributed by atoms with E-state index in [1.165, 1.54) is 88.8 Å². The van der Waals surface area contributed by atoms with Gasteiger partial charge in [-0.2, -0.15) is 0 Å². The van der Waals surface area contributed by atoms with Crippen molar-refractivity contribution >= 4 is 70.4 Å². The van der Waals surface area contributed by atoms with E-state index in [9.17, 15) is 15.0 Å². The molecule has 17 rings (SSSR count). The Labute approximate surface area is 799 Å². The van der Waals surface area contributed by atoms with E-state index in [-0.39, 0.29) is 85.8 Å². The van der Waals surface area contributed by atoms with Crippen molar-refractivity contribution < 1.29 is 15.0 Å². The van der Waals surface area contributed by atoms with Crippen LogP contribution in [-0.4, -0.2) is 120 Å². The SMILES string of the molecule is BrCc1ccccc1.C.C.C.C.C.C.CC1(c2ccccc2)CCN(Cc2ccccc2)CC1.CC1(c2ccccc2)CCNCC1.Cl.Cl.ClCCl.NC1(c2ccccc2)CCN(Cc2ccccc2)CC1.O=CNC1(c2ccccc2)CCN(Cc2ccccc2)CC1.OC1(c2ccccc2)CCN(Cc2ccccc2)CC1.OC1(c2ccccc2)CCNCC1. The van der Waals surface area contributed by atoms with Gasteiger partial charge in [0.1, 0.15) is 0 Å². The van der Waals surface area contributed by atoms with Crippen LogP contribution in [-0.2, 0) is 69.4 Å². The minimum absolute atomic E-state index is 0. The zero-order chi connectivity index (χ0) is 83.6. The van der Waals surface area contributed by atoms with E-state index < -0.39 is 11.2 Å². The number of nitrogens with one attached hydrogen (secondary N) is 3. The molecule has 11 aromatic rings. The molecule has 7 N–H and O–H groups in total. The summed E-state index contributed by atoms with van der Waals surface area (Å²) in [5.74, 6) is 0. The molecule has 6 fully saturated rings. The highest BCUT2D eigenvalue weighted by Gasteiger charge is 2.38. The van der Waals surface area contributed by atoms with Crippen LogP contribution in [0.2, 0.25) is 0 Å². The van der Waals surface area contributed by atoms with E-state index in [0.29, 0.717) is 10.8 Å². The number of carbonyl (C=O) groups is 1. The van der Waals surface area contributed by atoms with Crippen molar-refractivity contribution in [2.24, 2.45) is 5.73 Å². The Bertz CT molecular complexity index is 4170. The summed E-state index contributed by atoms with van der Waals surface area (Å²) in [6.07, 6.45) is 13.1. The van der Waals surface area contributed by atoms with Crippen LogP contribution in [0, 0.1) is 0 Å². The van der Waals surface area contributed by atoms with Crippen LogP contribution in [0.4, 0.5) is 0 Å². The van der Waals surface area contributed by atoms with Crippen LogP contribution in [0.3, 0.4) is 0 Å². The molecule has 0 unspecified atom stereocenters. The minimum Gasteiger partial charge on any atom is -0.385 e. The van der Waals surface area contributed by atoms with Gasteiger partial charge in [-0.15, -0.1) is 48.0 Å². The first-order valence-electron chi connectivity index (χ1n) is 43.0. The van der Waals surface area contributed by atoms with E-state index >= 15 is 0 Å². The predicted octanol–water partition coefficient (Wildman–Crippen LogP) is 25.7. The molecule has 6 aliphatic heterocycles. The van der Waals surface area contributed by atoms with Crippen molar-refractivity contribution in [1.82, 2.24) is 35.6 Å². The van der Waals surface area contributed by atoms with Gasteiger partial charge in [-0.3, -0.25) is 24.4 Å². The number of hydrogen-bond acceptors (Lipinski definition) is 10. The van der Waals surface area contributed by atoms with Crippen molar-refractivity contribution in [3.63, 3.8) is 0 Å². The molecule has 692 valence electrons. The Balaban J connectivity index is 0.000000501. The monoisotopic (exact) mass is 1870 g/mol. The molecule has 0 aromatic heterocycles. The van der Waals surface area contributed by atoms with Gasteiger partial charge in [-0.1, -0.05) is 408 Å². The maximum atomic E-state index is 11.1. The average molecular weight is 1870 g/mol. The molecule has 6 saturated heterocycles. The molecule has 0 aliphatic carbocycles. The summed E-state index contributed by atoms with van der Waals surface area (Å²) in [5.41, 5.74) is 20.2. The highest BCUT2D eigenvalue weighted by molar-refractivity contribution is 9.08. The second-order valence-electron chi connectivity index (χ2n) is 33.1. The van der Waals surface area contributed by atoms with Gasteiger partial charge >= 0.3 is 0 Å². The van der Waals surface area contributed by atoms with Crippen molar-refractivity contribution in [3.8, 4) is 0 Å². The topological polar surface area (TPSA) is 133 Å². The quantitative estimate of drug-likeness (QED) is 0.0387. The van der Waals surface area contributed by atoms with Gasteiger partial charge in [0.15, 0.2) is 0 Å². The zero-order valence-corrected chi connectivity index (χ0v) is 75.9. The molecule has 6 heterocycles. The Morgan fingerprint density at radius 1 is 0.323 bits per heavy atom. The first kappa shape index (κ1) is 115. The van der Waals surface area contributed by atoms with E-state index in [4.69, 9.17) is 28.9 Å². The number of likely N-dealkylation sites (tertiary alicyclic amines) is 4. The van der Waals surface area contributed by atoms with E-state index in [0.717, 1.165) is 166 Å². The molecule has 0 bridgehead atoms. The molecular weight excluding hydrogens is 1710 g/mol. The number of benzene rings is 11. The summed E-state index contributed by atoms with van der Waals surface area (Å²) in [7, 11) is 0. The highest BCUT2D eigenvalue weighted by atomic mass is 79.9. The predicted molar refractivity (Wildman–Crippen MR) is 556 cm³/mol. The number of alkyl halides is 3. The van der Waals surface area contributed by atoms with E-state index in [1.54, 1.807) is 0 Å². The smallest absolute Gasteiger partial charge is 0.207 e. The fourth-order valence-electron chi connectivity index (χ4n) is 17.0. The molecule has 0 atom stereocenters. The number of carbonyl (C=O) groups excluding carboxylic acids is 1. The summed E-state index contributed by atoms with van der Waals surface area (Å²) in [6.45, 7) is 21.4. The van der Waals surface area contributed by atoms with Crippen LogP contribution >= 0.6 is 63.9 Å². The third-order valence-corrected chi connectivity index (χ3v) is 25.5. The van der Waals surface area contributed by atoms with Gasteiger partial charge in [-0.05, 0) is 188 Å². The van der Waals surface area contributed by atoms with E-state index in [1.807, 2.05) is 109 Å². The van der Waals surface area contributed by atoms with Gasteiger partial charge in [0.25, 0.3) is 0 Å². The summed E-state index contributed by atoms with van der Waals surface area (Å²) >= 11 is 12.9. The summed E-state index contributed by atoms with van der Waals surface area (Å²) in [4.78, 5) is 21.1. The molecule has 0 spiro atoms. The molecular formula is C111H155BrCl4N8O3. The molecule has 0 saturated carbocycles. The maximum Gasteiger partial charge on any atom is 0.207 e. The van der Waals surface area contributed by atoms with Gasteiger partial charge in [0.05, 0.1) is 22.1 Å². The number of piperidine rings is 6. The number of aliphatic hydroxyl groups is 2. The van der Waals surface area contributed by atoms with Gasteiger partial charge in [-0.25, -0.2) is 0 Å². The van der Waals surface area contributed by atoms with Crippen molar-refractivity contribution in [2.45, 2.75) is 200 Å². The Morgan fingerprint density at radius 2 is 0.543 bits per heavy atom. The number of halogens is 5. The molecule has 11 aromatic carbocycles. The van der Waals surface area contributed by atoms with Crippen LogP contribution in [0.15, 0.2) is 334 Å². The lowest BCUT2D eigenvalue weighted by atomic mass is 9.74. The number of hydrogen-bond donors (Lipinski definition) is 6. The largest absolute Gasteiger partial charge is 0.385 e. The van der Waals surface area contributed by atoms with Crippen molar-refractivity contribution in [3.05, 3.63) is 395 Å². The zero-order valence-electron chi connectivity index (χ0n) is 71.2. The Morgan fingerprint density at radius 3 is 0.827 bits per heavy atom. The summed E-state index contributed by atoms with van der Waals surface area (Å²) in [6, 6.07) is 116. The van der Waals surface area contributed by atoms with E-state index in [2.05, 4.69) is 290 Å². The van der Waals surface area contributed by atoms with Crippen LogP contribution < -0.4 is 21.7 Å². The number of nitrogens with two attached hydrogens (primary N) is 1. The van der Waals surface area contributed by atoms with Crippen LogP contribution in [0.1, 0.15) is 197 Å². The Kier molecular flexibility index (Phi) is 56.0. The second-order valence-corrected chi connectivity index (χ2v) is 34.5. The molecule has 6 aliphatic rings. The number of nitrogens with zero attached hydrogens (tertiary/aromatic N) is 4. The molecule has 11 nitrogen and oxygen atoms in total. The third kappa shape index (κ3) is 37.5. The fourth-order valence-corrected chi connectivity index (χ4v) is 17.4. The molecule has 16 heteroatoms. The van der Waals surface area contributed by atoms with Crippen molar-refractivity contribution in [1.29, 1.82) is 0 Å². The van der Waals surface area contributed by atoms with Gasteiger partial charge in [0, 0.05) is 76.3 Å². The number of amides is 1. The minimum atomic E-state index is -0.644. The Hall–Kier alpha value is -7.83. The summed E-state index contributed by atoms with van der Waals surface area (Å²) in [5, 5.41) is 32.0. The third-order valence-electron chi connectivity index (χ3n) is 24.8. The fraction of sp³-hybridized carbons (Fsp3) is 0.396. The molecule has 0 radical (unpaired) electrons. The second kappa shape index (κ2) is 61.7. The highest BCUT2D eigenvalue weighted by Crippen LogP contribution is 2.39. The maximum absolute atomic E-state index is 11.1. The lowest BCUT2D eigenvalue weighted by molar-refractivity contribution is -0.112. The van der Waals surface area contributed by atoms with Crippen molar-refractivity contribution in [2.75, 3.05) is 83.9 Å². The standard InChI is InChI=1S/C19H22N2O.C19H23N.C18H22N2.C18H21NO.C12H17N.C11H15NO.C7H7Br.CH2Cl2.6CH4.2ClH/c22-16-20-19(18-9-5-2-6-10-18)11-13-21(14-12-19)15-17-7-3-1-4-8-17;1-19(18-10-6-3-7-11-18)12-14-20(15-13-19)16-17-8-4-2-5-9-17;19-18(17-9-5-2-6-10-17)11-13-20(14-12-18)15-16-7-3-1-4-8-16;20-18(17-9-5-2-6-10-17)11-13-19(14-12-18)15-16-7-3-1-4-8-16;1-12(7-9-13-10-8-12)11-5-3-2-4-6-11;13-11(6-8-12-9-7-11)10-4-2-1-3-5-10;8-6-7-4-2-1-3-5-7;2-1-3;;;;;;;;/h1-10,16H,11-15H2,(H,20,22);2-11H,12-16H2,1H3;1-10H,11-15,19H2;1-10,20H,11-15H2;2-6,13H,7-10H2,1H3;1-5,12-13H,6-9H2;1-5H,6H2;1H2;6*1H4;2*1H. The normalized spacial score (nSPS) is 17.1.